The molecule has 13 heteroatoms. The summed E-state index contributed by atoms with van der Waals surface area (Å²) in [5.41, 5.74) is 18.0. The van der Waals surface area contributed by atoms with Crippen LogP contribution in [0.3, 0.4) is 0 Å². The SMILES string of the molecule is CCNC(=O)[C@@H]1CCCN1C(=O)CCC(=O)[C@H](CCCN=C(N)N)NC(=O)[C@@H]1CCCN1C(=O)[C@H](N)Cc1ccccc1. The Bertz CT molecular complexity index is 1160. The van der Waals surface area contributed by atoms with E-state index in [1.165, 1.54) is 9.80 Å². The van der Waals surface area contributed by atoms with Gasteiger partial charge in [0.1, 0.15) is 12.1 Å². The van der Waals surface area contributed by atoms with Crippen molar-refractivity contribution in [3.63, 3.8) is 0 Å². The van der Waals surface area contributed by atoms with Gasteiger partial charge in [0.25, 0.3) is 0 Å². The minimum atomic E-state index is -0.886. The number of rotatable bonds is 15. The van der Waals surface area contributed by atoms with Gasteiger partial charge in [-0.05, 0) is 57.4 Å². The number of nitrogens with zero attached hydrogens (tertiary/aromatic N) is 3. The van der Waals surface area contributed by atoms with Gasteiger partial charge in [-0.3, -0.25) is 29.0 Å². The van der Waals surface area contributed by atoms with Crippen LogP contribution in [0, 0.1) is 0 Å². The van der Waals surface area contributed by atoms with Crippen molar-refractivity contribution in [3.8, 4) is 0 Å². The Labute approximate surface area is 253 Å². The van der Waals surface area contributed by atoms with E-state index in [1.807, 2.05) is 37.3 Å². The molecule has 13 nitrogen and oxygen atoms in total. The molecular formula is C30H46N8O5. The number of carbonyl (C=O) groups excluding carboxylic acids is 5. The quantitative estimate of drug-likeness (QED) is 0.101. The molecule has 0 aliphatic carbocycles. The first kappa shape index (κ1) is 33.5. The summed E-state index contributed by atoms with van der Waals surface area (Å²) in [6.45, 7) is 3.43. The molecular weight excluding hydrogens is 552 g/mol. The highest BCUT2D eigenvalue weighted by Crippen LogP contribution is 2.21. The van der Waals surface area contributed by atoms with Crippen molar-refractivity contribution in [1.82, 2.24) is 20.4 Å². The highest BCUT2D eigenvalue weighted by Gasteiger charge is 2.38. The number of benzene rings is 1. The monoisotopic (exact) mass is 598 g/mol. The number of likely N-dealkylation sites (tertiary alicyclic amines) is 2. The molecule has 2 aliphatic heterocycles. The average Bonchev–Trinajstić information content (AvgIpc) is 3.68. The van der Waals surface area contributed by atoms with Gasteiger partial charge in [-0.15, -0.1) is 0 Å². The number of amides is 4. The Kier molecular flexibility index (Phi) is 12.9. The first-order valence-electron chi connectivity index (χ1n) is 15.2. The van der Waals surface area contributed by atoms with Gasteiger partial charge in [0.2, 0.25) is 23.6 Å². The molecule has 1 aromatic rings. The molecule has 3 rings (SSSR count). The number of Topliss-reactive ketones (excluding diaryl/α,β-unsaturated/α-hetero) is 1. The van der Waals surface area contributed by atoms with Crippen molar-refractivity contribution in [2.45, 2.75) is 88.9 Å². The molecule has 43 heavy (non-hydrogen) atoms. The first-order chi connectivity index (χ1) is 20.6. The van der Waals surface area contributed by atoms with Gasteiger partial charge < -0.3 is 37.6 Å². The predicted octanol–water partition coefficient (Wildman–Crippen LogP) is -0.438. The van der Waals surface area contributed by atoms with Gasteiger partial charge in [-0.2, -0.15) is 0 Å². The fourth-order valence-electron chi connectivity index (χ4n) is 5.73. The zero-order chi connectivity index (χ0) is 31.4. The molecule has 2 heterocycles. The molecule has 0 radical (unpaired) electrons. The maximum Gasteiger partial charge on any atom is 0.243 e. The van der Waals surface area contributed by atoms with Crippen molar-refractivity contribution in [2.24, 2.45) is 22.2 Å². The van der Waals surface area contributed by atoms with Gasteiger partial charge >= 0.3 is 0 Å². The lowest BCUT2D eigenvalue weighted by molar-refractivity contribution is -0.140. The van der Waals surface area contributed by atoms with E-state index in [0.717, 1.165) is 12.0 Å². The van der Waals surface area contributed by atoms with Gasteiger partial charge in [0, 0.05) is 39.0 Å². The van der Waals surface area contributed by atoms with Crippen LogP contribution in [0.25, 0.3) is 0 Å². The molecule has 1 aromatic carbocycles. The molecule has 0 bridgehead atoms. The third-order valence-corrected chi connectivity index (χ3v) is 7.92. The lowest BCUT2D eigenvalue weighted by Crippen LogP contribution is -2.54. The molecule has 4 amide bonds. The second-order valence-electron chi connectivity index (χ2n) is 11.1. The van der Waals surface area contributed by atoms with Crippen molar-refractivity contribution < 1.29 is 24.0 Å². The highest BCUT2D eigenvalue weighted by molar-refractivity contribution is 5.95. The molecule has 0 unspecified atom stereocenters. The van der Waals surface area contributed by atoms with Crippen LogP contribution in [-0.2, 0) is 30.4 Å². The molecule has 0 spiro atoms. The average molecular weight is 599 g/mol. The van der Waals surface area contributed by atoms with Gasteiger partial charge in [0.15, 0.2) is 11.7 Å². The van der Waals surface area contributed by atoms with Crippen LogP contribution in [-0.4, -0.2) is 95.5 Å². The Hall–Kier alpha value is -4.00. The molecule has 2 aliphatic rings. The molecule has 0 saturated carbocycles. The summed E-state index contributed by atoms with van der Waals surface area (Å²) in [5, 5.41) is 5.59. The third-order valence-electron chi connectivity index (χ3n) is 7.92. The zero-order valence-electron chi connectivity index (χ0n) is 25.0. The minimum absolute atomic E-state index is 0.0720. The maximum atomic E-state index is 13.4. The lowest BCUT2D eigenvalue weighted by Gasteiger charge is -2.28. The number of nitrogens with one attached hydrogen (secondary N) is 2. The van der Waals surface area contributed by atoms with E-state index in [9.17, 15) is 24.0 Å². The first-order valence-corrected chi connectivity index (χ1v) is 15.2. The summed E-state index contributed by atoms with van der Waals surface area (Å²) < 4.78 is 0. The summed E-state index contributed by atoms with van der Waals surface area (Å²) in [6.07, 6.45) is 3.26. The fraction of sp³-hybridized carbons (Fsp3) is 0.600. The van der Waals surface area contributed by atoms with Crippen LogP contribution in [0.5, 0.6) is 0 Å². The van der Waals surface area contributed by atoms with E-state index in [0.29, 0.717) is 51.7 Å². The van der Waals surface area contributed by atoms with Crippen LogP contribution in [0.4, 0.5) is 0 Å². The summed E-state index contributed by atoms with van der Waals surface area (Å²) >= 11 is 0. The molecule has 2 fully saturated rings. The van der Waals surface area contributed by atoms with E-state index >= 15 is 0 Å². The number of aliphatic imine (C=N–C) groups is 1. The maximum absolute atomic E-state index is 13.4. The summed E-state index contributed by atoms with van der Waals surface area (Å²) in [4.78, 5) is 72.3. The standard InChI is InChI=1S/C30H46N8O5/c1-2-34-27(41)23-12-7-17-37(23)26(40)15-14-25(39)22(11-6-16-35-30(32)33)36-28(42)24-13-8-18-38(24)29(43)21(31)19-20-9-4-3-5-10-20/h3-5,9-10,21-24H,2,6-8,11-19,31H2,1H3,(H,34,41)(H,36,42)(H4,32,33,35)/t21-,22+,23+,24+/m1/s1. The largest absolute Gasteiger partial charge is 0.370 e. The van der Waals surface area contributed by atoms with E-state index in [1.54, 1.807) is 0 Å². The number of likely N-dealkylation sites (N-methyl/N-ethyl adjacent to an activating group) is 1. The van der Waals surface area contributed by atoms with Crippen LogP contribution in [0.1, 0.15) is 63.9 Å². The van der Waals surface area contributed by atoms with Gasteiger partial charge in [-0.1, -0.05) is 30.3 Å². The van der Waals surface area contributed by atoms with E-state index < -0.39 is 30.1 Å². The second-order valence-corrected chi connectivity index (χ2v) is 11.1. The predicted molar refractivity (Wildman–Crippen MR) is 162 cm³/mol. The van der Waals surface area contributed by atoms with Crippen LogP contribution < -0.4 is 27.8 Å². The smallest absolute Gasteiger partial charge is 0.243 e. The zero-order valence-corrected chi connectivity index (χ0v) is 25.0. The number of hydrogen-bond acceptors (Lipinski definition) is 7. The number of nitrogens with two attached hydrogens (primary N) is 3. The molecule has 2 saturated heterocycles. The second kappa shape index (κ2) is 16.6. The van der Waals surface area contributed by atoms with Crippen LogP contribution in [0.15, 0.2) is 35.3 Å². The normalized spacial score (nSPS) is 19.4. The summed E-state index contributed by atoms with van der Waals surface area (Å²) in [6, 6.07) is 6.48. The van der Waals surface area contributed by atoms with Crippen molar-refractivity contribution in [2.75, 3.05) is 26.2 Å². The molecule has 4 atom stereocenters. The Morgan fingerprint density at radius 1 is 0.953 bits per heavy atom. The van der Waals surface area contributed by atoms with Crippen LogP contribution >= 0.6 is 0 Å². The number of guanidine groups is 1. The lowest BCUT2D eigenvalue weighted by atomic mass is 10.0. The Balaban J connectivity index is 1.62. The van der Waals surface area contributed by atoms with Crippen LogP contribution in [0.2, 0.25) is 0 Å². The summed E-state index contributed by atoms with van der Waals surface area (Å²) in [5.74, 6) is -1.58. The minimum Gasteiger partial charge on any atom is -0.370 e. The van der Waals surface area contributed by atoms with Gasteiger partial charge in [0.05, 0.1) is 12.1 Å². The van der Waals surface area contributed by atoms with Gasteiger partial charge in [-0.25, -0.2) is 0 Å². The summed E-state index contributed by atoms with van der Waals surface area (Å²) in [7, 11) is 0. The van der Waals surface area contributed by atoms with Crippen molar-refractivity contribution in [1.29, 1.82) is 0 Å². The topological polar surface area (TPSA) is 206 Å². The Morgan fingerprint density at radius 2 is 1.60 bits per heavy atom. The van der Waals surface area contributed by atoms with Crippen molar-refractivity contribution in [3.05, 3.63) is 35.9 Å². The van der Waals surface area contributed by atoms with E-state index in [-0.39, 0.29) is 55.3 Å². The molecule has 0 aromatic heterocycles. The molecule has 8 N–H and O–H groups in total. The number of carbonyl (C=O) groups is 5. The van der Waals surface area contributed by atoms with E-state index in [4.69, 9.17) is 17.2 Å². The van der Waals surface area contributed by atoms with E-state index in [2.05, 4.69) is 15.6 Å². The van der Waals surface area contributed by atoms with Crippen molar-refractivity contribution >= 4 is 35.4 Å². The number of hydrogen-bond donors (Lipinski definition) is 5. The fourth-order valence-corrected chi connectivity index (χ4v) is 5.73. The molecule has 236 valence electrons. The number of ketones is 1. The highest BCUT2D eigenvalue weighted by atomic mass is 16.2. The Morgan fingerprint density at radius 3 is 2.26 bits per heavy atom. The third kappa shape index (κ3) is 9.77.